The van der Waals surface area contributed by atoms with Gasteiger partial charge in [0.05, 0.1) is 5.69 Å². The van der Waals surface area contributed by atoms with Crippen LogP contribution in [0, 0.1) is 0 Å². The normalized spacial score (nSPS) is 14.2. The molecule has 5 nitrogen and oxygen atoms in total. The van der Waals surface area contributed by atoms with Gasteiger partial charge in [-0.25, -0.2) is 0 Å². The third-order valence-electron chi connectivity index (χ3n) is 3.31. The molecule has 102 valence electrons. The minimum absolute atomic E-state index is 0.119. The zero-order valence-corrected chi connectivity index (χ0v) is 11.1. The summed E-state index contributed by atoms with van der Waals surface area (Å²) in [4.78, 5) is 25.4. The van der Waals surface area contributed by atoms with Gasteiger partial charge >= 0.3 is 0 Å². The molecule has 0 fully saturated rings. The molecule has 0 atom stereocenters. The number of aryl methyl sites for hydroxylation is 1. The number of nitrogens with zero attached hydrogens (tertiary/aromatic N) is 1. The van der Waals surface area contributed by atoms with Crippen LogP contribution in [0.15, 0.2) is 18.2 Å². The third-order valence-corrected chi connectivity index (χ3v) is 3.31. The van der Waals surface area contributed by atoms with Crippen molar-refractivity contribution in [3.63, 3.8) is 0 Å². The minimum Gasteiger partial charge on any atom is -0.388 e. The van der Waals surface area contributed by atoms with Crippen molar-refractivity contribution in [1.82, 2.24) is 0 Å². The van der Waals surface area contributed by atoms with Crippen LogP contribution in [-0.2, 0) is 16.0 Å². The minimum atomic E-state index is -0.159. The van der Waals surface area contributed by atoms with Crippen LogP contribution in [0.1, 0.15) is 24.8 Å². The molecule has 3 N–H and O–H groups in total. The number of carbonyl (C=O) groups is 2. The smallest absolute Gasteiger partial charge is 0.234 e. The van der Waals surface area contributed by atoms with Crippen LogP contribution >= 0.6 is 0 Å². The quantitative estimate of drug-likeness (QED) is 0.856. The first-order valence-corrected chi connectivity index (χ1v) is 6.54. The zero-order chi connectivity index (χ0) is 13.8. The topological polar surface area (TPSA) is 75.4 Å². The Labute approximate surface area is 112 Å². The van der Waals surface area contributed by atoms with Crippen molar-refractivity contribution in [3.8, 4) is 0 Å². The first-order chi connectivity index (χ1) is 9.17. The molecule has 1 aromatic carbocycles. The SMILES string of the molecule is CNc1ccc2c(c1)CCC(=O)N2C(=O)CCCN. The van der Waals surface area contributed by atoms with Gasteiger partial charge in [0.2, 0.25) is 11.8 Å². The average Bonchev–Trinajstić information content (AvgIpc) is 2.44. The number of carbonyl (C=O) groups excluding carboxylic acids is 2. The first kappa shape index (κ1) is 13.5. The van der Waals surface area contributed by atoms with E-state index in [1.54, 1.807) is 0 Å². The van der Waals surface area contributed by atoms with E-state index in [1.807, 2.05) is 25.2 Å². The van der Waals surface area contributed by atoms with Gasteiger partial charge in [-0.3, -0.25) is 14.5 Å². The van der Waals surface area contributed by atoms with Crippen LogP contribution in [0.4, 0.5) is 11.4 Å². The van der Waals surface area contributed by atoms with Gasteiger partial charge in [-0.15, -0.1) is 0 Å². The average molecular weight is 261 g/mol. The predicted molar refractivity (Wildman–Crippen MR) is 75.1 cm³/mol. The molecule has 0 radical (unpaired) electrons. The Morgan fingerprint density at radius 1 is 1.42 bits per heavy atom. The Morgan fingerprint density at radius 2 is 2.21 bits per heavy atom. The van der Waals surface area contributed by atoms with E-state index < -0.39 is 0 Å². The summed E-state index contributed by atoms with van der Waals surface area (Å²) in [6.45, 7) is 0.458. The lowest BCUT2D eigenvalue weighted by atomic mass is 10.00. The lowest BCUT2D eigenvalue weighted by Gasteiger charge is -2.28. The van der Waals surface area contributed by atoms with E-state index in [1.165, 1.54) is 4.90 Å². The van der Waals surface area contributed by atoms with Gasteiger partial charge in [0, 0.05) is 25.6 Å². The summed E-state index contributed by atoms with van der Waals surface area (Å²) in [6, 6.07) is 5.70. The van der Waals surface area contributed by atoms with E-state index in [-0.39, 0.29) is 11.8 Å². The maximum absolute atomic E-state index is 12.1. The van der Waals surface area contributed by atoms with E-state index in [2.05, 4.69) is 5.32 Å². The number of rotatable bonds is 4. The van der Waals surface area contributed by atoms with Crippen molar-refractivity contribution in [2.45, 2.75) is 25.7 Å². The van der Waals surface area contributed by atoms with Crippen LogP contribution in [0.2, 0.25) is 0 Å². The predicted octanol–water partition coefficient (Wildman–Crippen LogP) is 1.27. The lowest BCUT2D eigenvalue weighted by molar-refractivity contribution is -0.126. The van der Waals surface area contributed by atoms with Crippen LogP contribution in [-0.4, -0.2) is 25.4 Å². The highest BCUT2D eigenvalue weighted by Crippen LogP contribution is 2.30. The summed E-state index contributed by atoms with van der Waals surface area (Å²) >= 11 is 0. The molecule has 19 heavy (non-hydrogen) atoms. The van der Waals surface area contributed by atoms with Crippen molar-refractivity contribution in [1.29, 1.82) is 0 Å². The zero-order valence-electron chi connectivity index (χ0n) is 11.1. The molecule has 0 unspecified atom stereocenters. The second-order valence-electron chi connectivity index (χ2n) is 4.61. The van der Waals surface area contributed by atoms with Crippen LogP contribution in [0.5, 0.6) is 0 Å². The van der Waals surface area contributed by atoms with Crippen molar-refractivity contribution >= 4 is 23.2 Å². The van der Waals surface area contributed by atoms with Crippen molar-refractivity contribution in [2.24, 2.45) is 5.73 Å². The molecule has 0 aromatic heterocycles. The molecule has 2 rings (SSSR count). The summed E-state index contributed by atoms with van der Waals surface area (Å²) in [5, 5.41) is 3.06. The van der Waals surface area contributed by atoms with E-state index in [0.29, 0.717) is 32.2 Å². The summed E-state index contributed by atoms with van der Waals surface area (Å²) in [5.74, 6) is -0.277. The first-order valence-electron chi connectivity index (χ1n) is 6.54. The number of anilines is 2. The Morgan fingerprint density at radius 3 is 2.89 bits per heavy atom. The number of benzene rings is 1. The highest BCUT2D eigenvalue weighted by Gasteiger charge is 2.28. The van der Waals surface area contributed by atoms with Gasteiger partial charge in [-0.05, 0) is 43.1 Å². The molecule has 0 bridgehead atoms. The van der Waals surface area contributed by atoms with Gasteiger partial charge < -0.3 is 11.1 Å². The van der Waals surface area contributed by atoms with Gasteiger partial charge in [0.1, 0.15) is 0 Å². The van der Waals surface area contributed by atoms with Crippen molar-refractivity contribution in [3.05, 3.63) is 23.8 Å². The number of fused-ring (bicyclic) bond motifs is 1. The van der Waals surface area contributed by atoms with Crippen LogP contribution < -0.4 is 16.0 Å². The fraction of sp³-hybridized carbons (Fsp3) is 0.429. The molecule has 0 saturated heterocycles. The molecular formula is C14H19N3O2. The third kappa shape index (κ3) is 2.76. The Hall–Kier alpha value is -1.88. The molecule has 1 aromatic rings. The highest BCUT2D eigenvalue weighted by atomic mass is 16.2. The van der Waals surface area contributed by atoms with E-state index in [0.717, 1.165) is 16.9 Å². The molecular weight excluding hydrogens is 242 g/mol. The molecule has 0 saturated carbocycles. The fourth-order valence-corrected chi connectivity index (χ4v) is 2.29. The monoisotopic (exact) mass is 261 g/mol. The van der Waals surface area contributed by atoms with Crippen LogP contribution in [0.25, 0.3) is 0 Å². The molecule has 0 spiro atoms. The number of imide groups is 1. The molecule has 1 aliphatic heterocycles. The summed E-state index contributed by atoms with van der Waals surface area (Å²) in [7, 11) is 1.85. The highest BCUT2D eigenvalue weighted by molar-refractivity contribution is 6.16. The number of nitrogens with two attached hydrogens (primary N) is 1. The summed E-state index contributed by atoms with van der Waals surface area (Å²) in [6.07, 6.45) is 1.99. The molecule has 0 aliphatic carbocycles. The Balaban J connectivity index is 2.30. The molecule has 1 heterocycles. The van der Waals surface area contributed by atoms with Gasteiger partial charge in [0.25, 0.3) is 0 Å². The standard InChI is InChI=1S/C14H19N3O2/c1-16-11-5-6-12-10(9-11)4-7-14(19)17(12)13(18)3-2-8-15/h5-6,9,16H,2-4,7-8,15H2,1H3. The second-order valence-corrected chi connectivity index (χ2v) is 4.61. The largest absolute Gasteiger partial charge is 0.388 e. The van der Waals surface area contributed by atoms with Crippen LogP contribution in [0.3, 0.4) is 0 Å². The van der Waals surface area contributed by atoms with Crippen molar-refractivity contribution in [2.75, 3.05) is 23.8 Å². The van der Waals surface area contributed by atoms with Gasteiger partial charge in [0.15, 0.2) is 0 Å². The number of amides is 2. The molecule has 2 amide bonds. The summed E-state index contributed by atoms with van der Waals surface area (Å²) < 4.78 is 0. The van der Waals surface area contributed by atoms with Crippen molar-refractivity contribution < 1.29 is 9.59 Å². The number of hydrogen-bond acceptors (Lipinski definition) is 4. The Kier molecular flexibility index (Phi) is 4.16. The Bertz CT molecular complexity index is 499. The van der Waals surface area contributed by atoms with E-state index in [9.17, 15) is 9.59 Å². The maximum atomic E-state index is 12.1. The van der Waals surface area contributed by atoms with Gasteiger partial charge in [-0.1, -0.05) is 0 Å². The van der Waals surface area contributed by atoms with E-state index >= 15 is 0 Å². The molecule has 5 heteroatoms. The number of hydrogen-bond donors (Lipinski definition) is 2. The van der Waals surface area contributed by atoms with Gasteiger partial charge in [-0.2, -0.15) is 0 Å². The maximum Gasteiger partial charge on any atom is 0.234 e. The molecule has 1 aliphatic rings. The van der Waals surface area contributed by atoms with E-state index in [4.69, 9.17) is 5.73 Å². The second kappa shape index (κ2) is 5.84. The summed E-state index contributed by atoms with van der Waals surface area (Å²) in [5.41, 5.74) is 8.15. The number of nitrogens with one attached hydrogen (secondary N) is 1. The fourth-order valence-electron chi connectivity index (χ4n) is 2.29. The lowest BCUT2D eigenvalue weighted by Crippen LogP contribution is -2.40.